The zero-order valence-electron chi connectivity index (χ0n) is 15.8. The van der Waals surface area contributed by atoms with Crippen LogP contribution in [0.15, 0.2) is 67.4 Å². The number of carbonyl (C=O) groups excluding carboxylic acids is 2. The predicted octanol–water partition coefficient (Wildman–Crippen LogP) is 3.08. The first-order chi connectivity index (χ1) is 14.1. The smallest absolute Gasteiger partial charge is 0.254 e. The molecule has 146 valence electrons. The number of benzene rings is 2. The summed E-state index contributed by atoms with van der Waals surface area (Å²) < 4.78 is 0. The summed E-state index contributed by atoms with van der Waals surface area (Å²) in [5, 5.41) is 7.00. The molecule has 1 aliphatic rings. The summed E-state index contributed by atoms with van der Waals surface area (Å²) in [6.07, 6.45) is 3.81. The van der Waals surface area contributed by atoms with E-state index in [0.717, 1.165) is 17.3 Å². The predicted molar refractivity (Wildman–Crippen MR) is 113 cm³/mol. The van der Waals surface area contributed by atoms with Gasteiger partial charge in [-0.3, -0.25) is 9.59 Å². The van der Waals surface area contributed by atoms with Gasteiger partial charge in [-0.05, 0) is 36.8 Å². The van der Waals surface area contributed by atoms with Gasteiger partial charge < -0.3 is 15.5 Å². The van der Waals surface area contributed by atoms with Crippen molar-refractivity contribution >= 4 is 34.4 Å². The van der Waals surface area contributed by atoms with Crippen LogP contribution in [0.4, 0.5) is 11.6 Å². The van der Waals surface area contributed by atoms with Crippen molar-refractivity contribution in [1.29, 1.82) is 0 Å². The van der Waals surface area contributed by atoms with E-state index >= 15 is 0 Å². The Hall–Kier alpha value is -3.74. The number of likely N-dealkylation sites (tertiary alicyclic amines) is 1. The number of nitrogens with zero attached hydrogens (tertiary/aromatic N) is 3. The van der Waals surface area contributed by atoms with E-state index in [9.17, 15) is 9.59 Å². The molecule has 1 aromatic heterocycles. The van der Waals surface area contributed by atoms with E-state index in [4.69, 9.17) is 0 Å². The molecule has 0 aliphatic carbocycles. The standard InChI is InChI=1S/C22H21N5O2/c1-2-20(28)24-17-8-5-7-15(12-17)21(29)27-11-10-18(14-27)25-22-23-13-16-6-3-4-9-19(16)26-22/h2-9,12-13,18H,1,10-11,14H2,(H,24,28)(H,23,25,26)/t18-/m0/s1. The molecule has 2 amide bonds. The lowest BCUT2D eigenvalue weighted by Crippen LogP contribution is -2.31. The molecule has 2 aromatic carbocycles. The van der Waals surface area contributed by atoms with E-state index in [1.165, 1.54) is 6.08 Å². The normalized spacial score (nSPS) is 15.9. The van der Waals surface area contributed by atoms with Crippen molar-refractivity contribution in [1.82, 2.24) is 14.9 Å². The average Bonchev–Trinajstić information content (AvgIpc) is 3.21. The minimum Gasteiger partial charge on any atom is -0.350 e. The average molecular weight is 387 g/mol. The molecule has 0 bridgehead atoms. The van der Waals surface area contributed by atoms with Crippen molar-refractivity contribution in [3.8, 4) is 0 Å². The molecule has 0 saturated carbocycles. The zero-order valence-corrected chi connectivity index (χ0v) is 15.8. The highest BCUT2D eigenvalue weighted by molar-refractivity contribution is 6.00. The van der Waals surface area contributed by atoms with Crippen LogP contribution in [0, 0.1) is 0 Å². The summed E-state index contributed by atoms with van der Waals surface area (Å²) in [5.74, 6) is 0.191. The van der Waals surface area contributed by atoms with Crippen molar-refractivity contribution in [3.63, 3.8) is 0 Å². The van der Waals surface area contributed by atoms with Crippen molar-refractivity contribution in [2.75, 3.05) is 23.7 Å². The van der Waals surface area contributed by atoms with Gasteiger partial charge in [0.05, 0.1) is 5.52 Å². The summed E-state index contributed by atoms with van der Waals surface area (Å²) >= 11 is 0. The molecule has 7 nitrogen and oxygen atoms in total. The van der Waals surface area contributed by atoms with Crippen LogP contribution in [0.5, 0.6) is 0 Å². The topological polar surface area (TPSA) is 87.2 Å². The summed E-state index contributed by atoms with van der Waals surface area (Å²) in [5.41, 5.74) is 1.99. The number of hydrogen-bond donors (Lipinski definition) is 2. The maximum atomic E-state index is 12.9. The fourth-order valence-corrected chi connectivity index (χ4v) is 3.39. The van der Waals surface area contributed by atoms with Crippen LogP contribution in [0.1, 0.15) is 16.8 Å². The van der Waals surface area contributed by atoms with E-state index in [1.54, 1.807) is 35.4 Å². The van der Waals surface area contributed by atoms with Gasteiger partial charge >= 0.3 is 0 Å². The number of anilines is 2. The number of hydrogen-bond acceptors (Lipinski definition) is 5. The summed E-state index contributed by atoms with van der Waals surface area (Å²) in [6, 6.07) is 14.8. The van der Waals surface area contributed by atoms with Crippen LogP contribution in [0.25, 0.3) is 10.9 Å². The van der Waals surface area contributed by atoms with Crippen LogP contribution in [-0.4, -0.2) is 45.8 Å². The SMILES string of the molecule is C=CC(=O)Nc1cccc(C(=O)N2CC[C@H](Nc3ncc4ccccc4n3)C2)c1. The highest BCUT2D eigenvalue weighted by Gasteiger charge is 2.27. The molecule has 1 saturated heterocycles. The lowest BCUT2D eigenvalue weighted by Gasteiger charge is -2.18. The largest absolute Gasteiger partial charge is 0.350 e. The second kappa shape index (κ2) is 8.10. The Labute approximate surface area is 168 Å². The number of carbonyl (C=O) groups is 2. The molecule has 1 fully saturated rings. The number of amides is 2. The molecule has 7 heteroatoms. The fourth-order valence-electron chi connectivity index (χ4n) is 3.39. The number of para-hydroxylation sites is 1. The van der Waals surface area contributed by atoms with Gasteiger partial charge in [0.25, 0.3) is 5.91 Å². The maximum Gasteiger partial charge on any atom is 0.254 e. The Morgan fingerprint density at radius 3 is 2.90 bits per heavy atom. The minimum atomic E-state index is -0.310. The Balaban J connectivity index is 1.41. The Morgan fingerprint density at radius 2 is 2.03 bits per heavy atom. The van der Waals surface area contributed by atoms with Crippen molar-refractivity contribution < 1.29 is 9.59 Å². The maximum absolute atomic E-state index is 12.9. The minimum absolute atomic E-state index is 0.0663. The molecular weight excluding hydrogens is 366 g/mol. The van der Waals surface area contributed by atoms with Crippen molar-refractivity contribution in [2.24, 2.45) is 0 Å². The van der Waals surface area contributed by atoms with Crippen LogP contribution >= 0.6 is 0 Å². The first-order valence-corrected chi connectivity index (χ1v) is 9.43. The third-order valence-electron chi connectivity index (χ3n) is 4.86. The monoisotopic (exact) mass is 387 g/mol. The molecule has 29 heavy (non-hydrogen) atoms. The summed E-state index contributed by atoms with van der Waals surface area (Å²) in [6.45, 7) is 4.65. The number of fused-ring (bicyclic) bond motifs is 1. The zero-order chi connectivity index (χ0) is 20.2. The van der Waals surface area contributed by atoms with Gasteiger partial charge in [-0.2, -0.15) is 0 Å². The highest BCUT2D eigenvalue weighted by Crippen LogP contribution is 2.19. The van der Waals surface area contributed by atoms with Crippen molar-refractivity contribution in [3.05, 3.63) is 72.9 Å². The second-order valence-electron chi connectivity index (χ2n) is 6.91. The molecular formula is C22H21N5O2. The molecule has 1 aliphatic heterocycles. The molecule has 2 N–H and O–H groups in total. The van der Waals surface area contributed by atoms with E-state index in [-0.39, 0.29) is 17.9 Å². The molecule has 3 aromatic rings. The summed E-state index contributed by atoms with van der Waals surface area (Å²) in [4.78, 5) is 35.0. The quantitative estimate of drug-likeness (QED) is 0.657. The van der Waals surface area contributed by atoms with Crippen LogP contribution in [-0.2, 0) is 4.79 Å². The van der Waals surface area contributed by atoms with E-state index in [0.29, 0.717) is 30.3 Å². The van der Waals surface area contributed by atoms with E-state index in [1.807, 2.05) is 24.3 Å². The van der Waals surface area contributed by atoms with E-state index in [2.05, 4.69) is 27.2 Å². The Kier molecular flexibility index (Phi) is 5.20. The Bertz CT molecular complexity index is 1080. The number of rotatable bonds is 5. The molecule has 2 heterocycles. The molecule has 1 atom stereocenters. The molecule has 0 radical (unpaired) electrons. The first kappa shape index (κ1) is 18.6. The second-order valence-corrected chi connectivity index (χ2v) is 6.91. The van der Waals surface area contributed by atoms with Gasteiger partial charge in [0.15, 0.2) is 0 Å². The van der Waals surface area contributed by atoms with Gasteiger partial charge in [0, 0.05) is 42.0 Å². The van der Waals surface area contributed by atoms with Gasteiger partial charge in [0.2, 0.25) is 11.9 Å². The lowest BCUT2D eigenvalue weighted by molar-refractivity contribution is -0.111. The van der Waals surface area contributed by atoms with Gasteiger partial charge in [-0.15, -0.1) is 0 Å². The lowest BCUT2D eigenvalue weighted by atomic mass is 10.1. The van der Waals surface area contributed by atoms with E-state index < -0.39 is 0 Å². The molecule has 0 unspecified atom stereocenters. The van der Waals surface area contributed by atoms with Crippen LogP contribution in [0.3, 0.4) is 0 Å². The van der Waals surface area contributed by atoms with Gasteiger partial charge in [-0.1, -0.05) is 30.8 Å². The molecule has 0 spiro atoms. The van der Waals surface area contributed by atoms with Crippen LogP contribution in [0.2, 0.25) is 0 Å². The number of nitrogens with one attached hydrogen (secondary N) is 2. The molecule has 4 rings (SSSR count). The third kappa shape index (κ3) is 4.24. The van der Waals surface area contributed by atoms with Gasteiger partial charge in [0.1, 0.15) is 0 Å². The fraction of sp³-hybridized carbons (Fsp3) is 0.182. The third-order valence-corrected chi connectivity index (χ3v) is 4.86. The highest BCUT2D eigenvalue weighted by atomic mass is 16.2. The van der Waals surface area contributed by atoms with Crippen molar-refractivity contribution in [2.45, 2.75) is 12.5 Å². The number of aromatic nitrogens is 2. The Morgan fingerprint density at radius 1 is 1.17 bits per heavy atom. The summed E-state index contributed by atoms with van der Waals surface area (Å²) in [7, 11) is 0. The van der Waals surface area contributed by atoms with Crippen LogP contribution < -0.4 is 10.6 Å². The van der Waals surface area contributed by atoms with Gasteiger partial charge in [-0.25, -0.2) is 9.97 Å². The first-order valence-electron chi connectivity index (χ1n) is 9.43.